The molecule has 0 aliphatic carbocycles. The topological polar surface area (TPSA) is 29.3 Å². The number of nitrogens with two attached hydrogens (primary N) is 1. The minimum Gasteiger partial charge on any atom is -0.366 e. The largest absolute Gasteiger partial charge is 0.366 e. The maximum Gasteiger partial charge on any atom is 0.130 e. The van der Waals surface area contributed by atoms with E-state index in [1.165, 1.54) is 6.07 Å². The lowest BCUT2D eigenvalue weighted by Crippen LogP contribution is -2.31. The van der Waals surface area contributed by atoms with Crippen LogP contribution in [0.5, 0.6) is 0 Å². The standard InChI is InChI=1S/C16H18ClFN2/c1-11-6-3-4-9-14(11)20(2)15(10-19)16-12(17)7-5-8-13(16)18/h3-9,15H,10,19H2,1-2H3. The Bertz CT molecular complexity index is 581. The van der Waals surface area contributed by atoms with E-state index in [2.05, 4.69) is 0 Å². The van der Waals surface area contributed by atoms with Gasteiger partial charge >= 0.3 is 0 Å². The number of hydrogen-bond donors (Lipinski definition) is 1. The molecule has 106 valence electrons. The zero-order valence-corrected chi connectivity index (χ0v) is 12.4. The third-order valence-corrected chi connectivity index (χ3v) is 3.85. The first kappa shape index (κ1) is 14.8. The molecule has 0 saturated carbocycles. The number of para-hydroxylation sites is 1. The minimum atomic E-state index is -0.326. The number of hydrogen-bond acceptors (Lipinski definition) is 2. The second kappa shape index (κ2) is 6.25. The normalized spacial score (nSPS) is 12.2. The van der Waals surface area contributed by atoms with Crippen molar-refractivity contribution in [3.63, 3.8) is 0 Å². The molecule has 2 aromatic rings. The fourth-order valence-electron chi connectivity index (χ4n) is 2.43. The number of aryl methyl sites for hydroxylation is 1. The second-order valence-corrected chi connectivity index (χ2v) is 5.19. The predicted octanol–water partition coefficient (Wildman–Crippen LogP) is 3.92. The Labute approximate surface area is 124 Å². The highest BCUT2D eigenvalue weighted by atomic mass is 35.5. The summed E-state index contributed by atoms with van der Waals surface area (Å²) in [4.78, 5) is 1.97. The van der Waals surface area contributed by atoms with Gasteiger partial charge in [-0.05, 0) is 30.7 Å². The Kier molecular flexibility index (Phi) is 4.63. The predicted molar refractivity (Wildman–Crippen MR) is 82.8 cm³/mol. The molecular formula is C16H18ClFN2. The van der Waals surface area contributed by atoms with Crippen LogP contribution in [0.2, 0.25) is 5.02 Å². The van der Waals surface area contributed by atoms with Crippen LogP contribution in [0.4, 0.5) is 10.1 Å². The van der Waals surface area contributed by atoms with E-state index in [-0.39, 0.29) is 18.4 Å². The van der Waals surface area contributed by atoms with Crippen molar-refractivity contribution in [2.45, 2.75) is 13.0 Å². The SMILES string of the molecule is Cc1ccccc1N(C)C(CN)c1c(F)cccc1Cl. The van der Waals surface area contributed by atoms with Gasteiger partial charge in [0, 0.05) is 29.9 Å². The van der Waals surface area contributed by atoms with Gasteiger partial charge in [-0.2, -0.15) is 0 Å². The molecule has 1 atom stereocenters. The summed E-state index contributed by atoms with van der Waals surface area (Å²) >= 11 is 6.15. The zero-order valence-electron chi connectivity index (χ0n) is 11.6. The van der Waals surface area contributed by atoms with Crippen LogP contribution >= 0.6 is 11.6 Å². The molecule has 0 saturated heterocycles. The molecule has 0 spiro atoms. The number of rotatable bonds is 4. The molecule has 0 amide bonds. The molecule has 0 aliphatic heterocycles. The van der Waals surface area contributed by atoms with Crippen LogP contribution in [0.15, 0.2) is 42.5 Å². The van der Waals surface area contributed by atoms with Crippen LogP contribution in [0.1, 0.15) is 17.2 Å². The molecule has 0 bridgehead atoms. The van der Waals surface area contributed by atoms with Crippen LogP contribution in [0.3, 0.4) is 0 Å². The van der Waals surface area contributed by atoms with Gasteiger partial charge in [0.1, 0.15) is 5.82 Å². The quantitative estimate of drug-likeness (QED) is 0.925. The van der Waals surface area contributed by atoms with Crippen molar-refractivity contribution < 1.29 is 4.39 Å². The van der Waals surface area contributed by atoms with Crippen molar-refractivity contribution in [3.05, 3.63) is 64.4 Å². The maximum absolute atomic E-state index is 14.1. The van der Waals surface area contributed by atoms with Crippen molar-refractivity contribution in [2.24, 2.45) is 5.73 Å². The molecule has 2 N–H and O–H groups in total. The molecule has 2 aromatic carbocycles. The van der Waals surface area contributed by atoms with Gasteiger partial charge in [-0.1, -0.05) is 35.9 Å². The average Bonchev–Trinajstić information content (AvgIpc) is 2.43. The zero-order chi connectivity index (χ0) is 14.7. The smallest absolute Gasteiger partial charge is 0.130 e. The molecule has 0 aromatic heterocycles. The summed E-state index contributed by atoms with van der Waals surface area (Å²) in [5.74, 6) is -0.326. The third kappa shape index (κ3) is 2.79. The Morgan fingerprint density at radius 1 is 1.20 bits per heavy atom. The highest BCUT2D eigenvalue weighted by Gasteiger charge is 2.22. The minimum absolute atomic E-state index is 0.283. The van der Waals surface area contributed by atoms with E-state index >= 15 is 0 Å². The average molecular weight is 293 g/mol. The second-order valence-electron chi connectivity index (χ2n) is 4.78. The van der Waals surface area contributed by atoms with E-state index in [1.807, 2.05) is 43.1 Å². The van der Waals surface area contributed by atoms with E-state index in [9.17, 15) is 4.39 Å². The molecule has 0 heterocycles. The van der Waals surface area contributed by atoms with E-state index in [1.54, 1.807) is 12.1 Å². The van der Waals surface area contributed by atoms with E-state index in [0.29, 0.717) is 10.6 Å². The summed E-state index contributed by atoms with van der Waals surface area (Å²) in [6, 6.07) is 12.3. The van der Waals surface area contributed by atoms with Crippen LogP contribution < -0.4 is 10.6 Å². The van der Waals surface area contributed by atoms with E-state index < -0.39 is 0 Å². The van der Waals surface area contributed by atoms with Crippen molar-refractivity contribution >= 4 is 17.3 Å². The molecule has 2 rings (SSSR count). The van der Waals surface area contributed by atoms with Gasteiger partial charge in [0.2, 0.25) is 0 Å². The van der Waals surface area contributed by atoms with Gasteiger partial charge in [-0.3, -0.25) is 0 Å². The van der Waals surface area contributed by atoms with Crippen molar-refractivity contribution in [2.75, 3.05) is 18.5 Å². The monoisotopic (exact) mass is 292 g/mol. The fourth-order valence-corrected chi connectivity index (χ4v) is 2.71. The molecule has 0 aliphatic rings. The Balaban J connectivity index is 2.45. The number of likely N-dealkylation sites (N-methyl/N-ethyl adjacent to an activating group) is 1. The summed E-state index contributed by atoms with van der Waals surface area (Å²) in [5, 5.41) is 0.404. The molecular weight excluding hydrogens is 275 g/mol. The van der Waals surface area contributed by atoms with Crippen molar-refractivity contribution in [1.29, 1.82) is 0 Å². The van der Waals surface area contributed by atoms with Gasteiger partial charge < -0.3 is 10.6 Å². The lowest BCUT2D eigenvalue weighted by atomic mass is 10.0. The fraction of sp³-hybridized carbons (Fsp3) is 0.250. The summed E-state index contributed by atoms with van der Waals surface area (Å²) in [7, 11) is 1.91. The van der Waals surface area contributed by atoms with Crippen LogP contribution in [0.25, 0.3) is 0 Å². The highest BCUT2D eigenvalue weighted by Crippen LogP contribution is 2.32. The summed E-state index contributed by atoms with van der Waals surface area (Å²) < 4.78 is 14.1. The van der Waals surface area contributed by atoms with Gasteiger partial charge in [-0.15, -0.1) is 0 Å². The number of anilines is 1. The molecule has 2 nitrogen and oxygen atoms in total. The lowest BCUT2D eigenvalue weighted by Gasteiger charge is -2.31. The van der Waals surface area contributed by atoms with Gasteiger partial charge in [0.05, 0.1) is 6.04 Å². The van der Waals surface area contributed by atoms with Crippen LogP contribution in [-0.4, -0.2) is 13.6 Å². The summed E-state index contributed by atoms with van der Waals surface area (Å²) in [5.41, 5.74) is 8.44. The molecule has 0 fully saturated rings. The Hall–Kier alpha value is -1.58. The van der Waals surface area contributed by atoms with Gasteiger partial charge in [0.15, 0.2) is 0 Å². The molecule has 4 heteroatoms. The first-order valence-electron chi connectivity index (χ1n) is 6.48. The highest BCUT2D eigenvalue weighted by molar-refractivity contribution is 6.31. The maximum atomic E-state index is 14.1. The van der Waals surface area contributed by atoms with Crippen LogP contribution in [0, 0.1) is 12.7 Å². The van der Waals surface area contributed by atoms with Crippen molar-refractivity contribution in [3.8, 4) is 0 Å². The summed E-state index contributed by atoms with van der Waals surface area (Å²) in [6.45, 7) is 2.30. The molecule has 20 heavy (non-hydrogen) atoms. The van der Waals surface area contributed by atoms with Gasteiger partial charge in [-0.25, -0.2) is 4.39 Å². The van der Waals surface area contributed by atoms with Crippen LogP contribution in [-0.2, 0) is 0 Å². The molecule has 1 unspecified atom stereocenters. The van der Waals surface area contributed by atoms with Crippen molar-refractivity contribution in [1.82, 2.24) is 0 Å². The van der Waals surface area contributed by atoms with E-state index in [0.717, 1.165) is 11.3 Å². The first-order valence-corrected chi connectivity index (χ1v) is 6.86. The van der Waals surface area contributed by atoms with E-state index in [4.69, 9.17) is 17.3 Å². The first-order chi connectivity index (χ1) is 9.56. The Morgan fingerprint density at radius 3 is 2.50 bits per heavy atom. The lowest BCUT2D eigenvalue weighted by molar-refractivity contribution is 0.572. The number of nitrogens with zero attached hydrogens (tertiary/aromatic N) is 1. The Morgan fingerprint density at radius 2 is 1.90 bits per heavy atom. The third-order valence-electron chi connectivity index (χ3n) is 3.52. The van der Waals surface area contributed by atoms with Gasteiger partial charge in [0.25, 0.3) is 0 Å². The number of benzene rings is 2. The molecule has 0 radical (unpaired) electrons. The summed E-state index contributed by atoms with van der Waals surface area (Å²) in [6.07, 6.45) is 0. The number of halogens is 2.